The number of likely N-dealkylation sites (tertiary alicyclic amines) is 2. The number of fused-ring (bicyclic) bond motifs is 1. The van der Waals surface area contributed by atoms with Gasteiger partial charge in [0.15, 0.2) is 0 Å². The van der Waals surface area contributed by atoms with Gasteiger partial charge in [-0.3, -0.25) is 9.58 Å². The maximum absolute atomic E-state index is 5.56. The summed E-state index contributed by atoms with van der Waals surface area (Å²) < 4.78 is 7.56. The van der Waals surface area contributed by atoms with Gasteiger partial charge in [0.1, 0.15) is 12.7 Å². The quantitative estimate of drug-likeness (QED) is 0.817. The highest BCUT2D eigenvalue weighted by Gasteiger charge is 2.45. The molecule has 24 heavy (non-hydrogen) atoms. The minimum atomic E-state index is 0.594. The molecule has 134 valence electrons. The van der Waals surface area contributed by atoms with Gasteiger partial charge in [-0.15, -0.1) is 0 Å². The Morgan fingerprint density at radius 1 is 1.25 bits per heavy atom. The molecule has 0 spiro atoms. The van der Waals surface area contributed by atoms with E-state index in [2.05, 4.69) is 33.7 Å². The molecule has 3 fully saturated rings. The average molecular weight is 333 g/mol. The maximum atomic E-state index is 5.56. The van der Waals surface area contributed by atoms with Crippen molar-refractivity contribution in [2.45, 2.75) is 57.8 Å². The van der Waals surface area contributed by atoms with Crippen LogP contribution in [0.25, 0.3) is 0 Å². The smallest absolute Gasteiger partial charge is 0.137 e. The highest BCUT2D eigenvalue weighted by Crippen LogP contribution is 2.38. The molecular formula is C18H31N5O. The lowest BCUT2D eigenvalue weighted by molar-refractivity contribution is 0.0667. The molecule has 0 amide bonds. The van der Waals surface area contributed by atoms with Crippen molar-refractivity contribution in [3.63, 3.8) is 0 Å². The number of nitrogens with zero attached hydrogens (tertiary/aromatic N) is 5. The second kappa shape index (κ2) is 7.10. The lowest BCUT2D eigenvalue weighted by atomic mass is 9.91. The first kappa shape index (κ1) is 16.5. The molecular weight excluding hydrogens is 302 g/mol. The van der Waals surface area contributed by atoms with Gasteiger partial charge in [0.2, 0.25) is 0 Å². The van der Waals surface area contributed by atoms with Crippen LogP contribution in [0.4, 0.5) is 0 Å². The zero-order chi connectivity index (χ0) is 16.5. The van der Waals surface area contributed by atoms with E-state index in [1.54, 1.807) is 6.33 Å². The number of hydrogen-bond donors (Lipinski definition) is 0. The highest BCUT2D eigenvalue weighted by atomic mass is 16.5. The van der Waals surface area contributed by atoms with Crippen LogP contribution in [0.5, 0.6) is 0 Å². The van der Waals surface area contributed by atoms with Crippen LogP contribution in [-0.2, 0) is 11.3 Å². The van der Waals surface area contributed by atoms with Crippen LogP contribution >= 0.6 is 0 Å². The first-order chi connectivity index (χ1) is 11.7. The highest BCUT2D eigenvalue weighted by molar-refractivity contribution is 4.99. The van der Waals surface area contributed by atoms with Gasteiger partial charge in [-0.2, -0.15) is 5.10 Å². The molecule has 6 nitrogen and oxygen atoms in total. The maximum Gasteiger partial charge on any atom is 0.137 e. The molecule has 3 aliphatic rings. The molecule has 0 aromatic carbocycles. The second-order valence-electron chi connectivity index (χ2n) is 8.15. The summed E-state index contributed by atoms with van der Waals surface area (Å²) in [4.78, 5) is 9.58. The first-order valence-corrected chi connectivity index (χ1v) is 9.60. The summed E-state index contributed by atoms with van der Waals surface area (Å²) in [5.74, 6) is 1.56. The molecule has 4 atom stereocenters. The van der Waals surface area contributed by atoms with Crippen molar-refractivity contribution < 1.29 is 4.74 Å². The molecule has 0 radical (unpaired) electrons. The van der Waals surface area contributed by atoms with Gasteiger partial charge in [0.25, 0.3) is 0 Å². The Morgan fingerprint density at radius 3 is 2.88 bits per heavy atom. The van der Waals surface area contributed by atoms with Gasteiger partial charge in [-0.05, 0) is 51.5 Å². The third kappa shape index (κ3) is 3.37. The van der Waals surface area contributed by atoms with Crippen molar-refractivity contribution in [2.75, 3.05) is 32.8 Å². The molecule has 3 saturated heterocycles. The van der Waals surface area contributed by atoms with Crippen LogP contribution in [0.1, 0.15) is 33.1 Å². The Kier molecular flexibility index (Phi) is 4.88. The van der Waals surface area contributed by atoms with E-state index in [0.717, 1.165) is 37.6 Å². The molecule has 0 bridgehead atoms. The van der Waals surface area contributed by atoms with Gasteiger partial charge in [0.05, 0.1) is 13.2 Å². The summed E-state index contributed by atoms with van der Waals surface area (Å²) in [6.45, 7) is 11.3. The van der Waals surface area contributed by atoms with Crippen molar-refractivity contribution >= 4 is 0 Å². The van der Waals surface area contributed by atoms with E-state index in [1.165, 1.54) is 38.9 Å². The number of rotatable bonds is 5. The van der Waals surface area contributed by atoms with Gasteiger partial charge in [0, 0.05) is 37.8 Å². The van der Waals surface area contributed by atoms with Crippen molar-refractivity contribution in [3.8, 4) is 0 Å². The van der Waals surface area contributed by atoms with Gasteiger partial charge in [-0.25, -0.2) is 4.98 Å². The Hall–Kier alpha value is -0.980. The van der Waals surface area contributed by atoms with Crippen LogP contribution in [0.3, 0.4) is 0 Å². The van der Waals surface area contributed by atoms with Crippen LogP contribution in [0.2, 0.25) is 0 Å². The molecule has 6 heteroatoms. The van der Waals surface area contributed by atoms with E-state index in [0.29, 0.717) is 12.1 Å². The van der Waals surface area contributed by atoms with E-state index in [1.807, 2.05) is 11.0 Å². The van der Waals surface area contributed by atoms with E-state index in [4.69, 9.17) is 4.74 Å². The van der Waals surface area contributed by atoms with Crippen molar-refractivity contribution in [3.05, 3.63) is 12.7 Å². The summed E-state index contributed by atoms with van der Waals surface area (Å²) >= 11 is 0. The third-order valence-electron chi connectivity index (χ3n) is 6.16. The minimum absolute atomic E-state index is 0.594. The number of hydrogen-bond acceptors (Lipinski definition) is 5. The van der Waals surface area contributed by atoms with Gasteiger partial charge in [-0.1, -0.05) is 0 Å². The molecule has 4 rings (SSSR count). The molecule has 1 aromatic rings. The summed E-state index contributed by atoms with van der Waals surface area (Å²) in [5.41, 5.74) is 0. The fourth-order valence-electron chi connectivity index (χ4n) is 5.24. The Bertz CT molecular complexity index is 513. The lowest BCUT2D eigenvalue weighted by Gasteiger charge is -2.41. The normalized spacial score (nSPS) is 35.0. The van der Waals surface area contributed by atoms with E-state index < -0.39 is 0 Å². The van der Waals surface area contributed by atoms with E-state index in [-0.39, 0.29) is 0 Å². The Labute approximate surface area is 145 Å². The topological polar surface area (TPSA) is 46.4 Å². The van der Waals surface area contributed by atoms with Crippen molar-refractivity contribution in [1.29, 1.82) is 0 Å². The number of ether oxygens (including phenoxy) is 1. The second-order valence-corrected chi connectivity index (χ2v) is 8.15. The number of aromatic nitrogens is 3. The minimum Gasteiger partial charge on any atom is -0.381 e. The predicted octanol–water partition coefficient (Wildman–Crippen LogP) is 1.49. The molecule has 0 N–H and O–H groups in total. The molecule has 3 aliphatic heterocycles. The predicted molar refractivity (Wildman–Crippen MR) is 92.7 cm³/mol. The molecule has 4 heterocycles. The molecule has 0 aliphatic carbocycles. The summed E-state index contributed by atoms with van der Waals surface area (Å²) in [6, 6.07) is 1.94. The SMILES string of the molecule is CC(C)N1[C@H](Cn2cncn2)C[C@@H]2CN(CC3CCOC3)CC[C@@H]21. The average Bonchev–Trinajstić information content (AvgIpc) is 3.27. The van der Waals surface area contributed by atoms with Gasteiger partial charge >= 0.3 is 0 Å². The van der Waals surface area contributed by atoms with Crippen LogP contribution in [0.15, 0.2) is 12.7 Å². The summed E-state index contributed by atoms with van der Waals surface area (Å²) in [7, 11) is 0. The van der Waals surface area contributed by atoms with Crippen LogP contribution < -0.4 is 0 Å². The van der Waals surface area contributed by atoms with E-state index >= 15 is 0 Å². The first-order valence-electron chi connectivity index (χ1n) is 9.60. The van der Waals surface area contributed by atoms with E-state index in [9.17, 15) is 0 Å². The number of piperidine rings is 1. The molecule has 1 aromatic heterocycles. The van der Waals surface area contributed by atoms with Crippen molar-refractivity contribution in [1.82, 2.24) is 24.6 Å². The summed E-state index contributed by atoms with van der Waals surface area (Å²) in [5, 5.41) is 4.33. The fourth-order valence-corrected chi connectivity index (χ4v) is 5.24. The van der Waals surface area contributed by atoms with Crippen LogP contribution in [0, 0.1) is 11.8 Å². The Balaban J connectivity index is 1.40. The van der Waals surface area contributed by atoms with Crippen LogP contribution in [-0.4, -0.2) is 75.5 Å². The van der Waals surface area contributed by atoms with Crippen molar-refractivity contribution in [2.24, 2.45) is 11.8 Å². The fraction of sp³-hybridized carbons (Fsp3) is 0.889. The standard InChI is InChI=1S/C18H31N5O/c1-14(2)23-17(10-22-13-19-12-20-22)7-16-9-21(5-3-18(16)23)8-15-4-6-24-11-15/h12-18H,3-11H2,1-2H3/t15?,16-,17+,18+/m1/s1. The third-order valence-corrected chi connectivity index (χ3v) is 6.16. The zero-order valence-electron chi connectivity index (χ0n) is 15.0. The Morgan fingerprint density at radius 2 is 2.17 bits per heavy atom. The monoisotopic (exact) mass is 333 g/mol. The lowest BCUT2D eigenvalue weighted by Crippen LogP contribution is -2.50. The molecule has 1 unspecified atom stereocenters. The van der Waals surface area contributed by atoms with Gasteiger partial charge < -0.3 is 9.64 Å². The zero-order valence-corrected chi connectivity index (χ0v) is 15.0. The largest absolute Gasteiger partial charge is 0.381 e. The summed E-state index contributed by atoms with van der Waals surface area (Å²) in [6.07, 6.45) is 7.35. The molecule has 0 saturated carbocycles.